The summed E-state index contributed by atoms with van der Waals surface area (Å²) in [6, 6.07) is 8.13. The summed E-state index contributed by atoms with van der Waals surface area (Å²) in [7, 11) is -3.38. The predicted molar refractivity (Wildman–Crippen MR) is 64.4 cm³/mol. The number of aldehydes is 1. The molecule has 1 atom stereocenters. The number of carbonyl (C=O) groups is 1. The van der Waals surface area contributed by atoms with Crippen LogP contribution < -0.4 is 0 Å². The topological polar surface area (TPSA) is 71.4 Å². The van der Waals surface area contributed by atoms with Crippen molar-refractivity contribution in [1.82, 2.24) is 0 Å². The van der Waals surface area contributed by atoms with Crippen LogP contribution in [0.5, 0.6) is 0 Å². The SMILES string of the molecule is O=CCCC(CO)CS(=O)(=O)c1ccccc1. The van der Waals surface area contributed by atoms with Crippen LogP contribution in [0.2, 0.25) is 0 Å². The van der Waals surface area contributed by atoms with Crippen LogP contribution >= 0.6 is 0 Å². The van der Waals surface area contributed by atoms with Crippen LogP contribution in [0.1, 0.15) is 12.8 Å². The van der Waals surface area contributed by atoms with E-state index in [1.165, 1.54) is 12.1 Å². The van der Waals surface area contributed by atoms with Gasteiger partial charge in [0.15, 0.2) is 9.84 Å². The van der Waals surface area contributed by atoms with Gasteiger partial charge in [-0.15, -0.1) is 0 Å². The van der Waals surface area contributed by atoms with Gasteiger partial charge in [0.1, 0.15) is 6.29 Å². The number of aliphatic hydroxyl groups is 1. The minimum atomic E-state index is -3.38. The highest BCUT2D eigenvalue weighted by Crippen LogP contribution is 2.16. The lowest BCUT2D eigenvalue weighted by Gasteiger charge is -2.12. The van der Waals surface area contributed by atoms with Gasteiger partial charge in [-0.3, -0.25) is 0 Å². The Hall–Kier alpha value is -1.20. The molecule has 0 aliphatic rings. The van der Waals surface area contributed by atoms with Crippen LogP contribution in [0.3, 0.4) is 0 Å². The maximum absolute atomic E-state index is 12.0. The zero-order valence-corrected chi connectivity index (χ0v) is 10.3. The molecule has 0 fully saturated rings. The van der Waals surface area contributed by atoms with E-state index in [1.807, 2.05) is 0 Å². The summed E-state index contributed by atoms with van der Waals surface area (Å²) in [5.74, 6) is -0.508. The Bertz CT molecular complexity index is 439. The molecule has 0 saturated heterocycles. The van der Waals surface area contributed by atoms with Crippen LogP contribution in [0.15, 0.2) is 35.2 Å². The number of hydrogen-bond acceptors (Lipinski definition) is 4. The lowest BCUT2D eigenvalue weighted by atomic mass is 10.1. The van der Waals surface area contributed by atoms with Crippen LogP contribution in [-0.2, 0) is 14.6 Å². The van der Waals surface area contributed by atoms with Gasteiger partial charge in [0.2, 0.25) is 0 Å². The lowest BCUT2D eigenvalue weighted by Crippen LogP contribution is -2.19. The van der Waals surface area contributed by atoms with Crippen molar-refractivity contribution in [2.45, 2.75) is 17.7 Å². The Kier molecular flexibility index (Phi) is 5.31. The third-order valence-corrected chi connectivity index (χ3v) is 4.41. The highest BCUT2D eigenvalue weighted by Gasteiger charge is 2.20. The second-order valence-electron chi connectivity index (χ2n) is 3.89. The zero-order valence-electron chi connectivity index (χ0n) is 9.45. The van der Waals surface area contributed by atoms with Crippen molar-refractivity contribution in [3.05, 3.63) is 30.3 Å². The van der Waals surface area contributed by atoms with E-state index < -0.39 is 9.84 Å². The molecule has 17 heavy (non-hydrogen) atoms. The molecule has 1 N–H and O–H groups in total. The average Bonchev–Trinajstić information content (AvgIpc) is 2.35. The first-order valence-electron chi connectivity index (χ1n) is 5.42. The molecule has 0 aliphatic carbocycles. The molecule has 0 radical (unpaired) electrons. The molecule has 94 valence electrons. The highest BCUT2D eigenvalue weighted by atomic mass is 32.2. The first-order valence-corrected chi connectivity index (χ1v) is 7.07. The molecule has 0 heterocycles. The summed E-state index contributed by atoms with van der Waals surface area (Å²) < 4.78 is 23.9. The van der Waals surface area contributed by atoms with Gasteiger partial charge in [-0.1, -0.05) is 18.2 Å². The normalized spacial score (nSPS) is 13.2. The molecular formula is C12H16O4S. The maximum Gasteiger partial charge on any atom is 0.178 e. The molecular weight excluding hydrogens is 240 g/mol. The molecule has 0 aliphatic heterocycles. The molecule has 1 rings (SSSR count). The fourth-order valence-corrected chi connectivity index (χ4v) is 3.22. The van der Waals surface area contributed by atoms with E-state index in [1.54, 1.807) is 18.2 Å². The summed E-state index contributed by atoms with van der Waals surface area (Å²) >= 11 is 0. The smallest absolute Gasteiger partial charge is 0.178 e. The van der Waals surface area contributed by atoms with Crippen molar-refractivity contribution in [3.63, 3.8) is 0 Å². The van der Waals surface area contributed by atoms with E-state index in [4.69, 9.17) is 5.11 Å². The molecule has 1 unspecified atom stereocenters. The molecule has 1 aromatic carbocycles. The summed E-state index contributed by atoms with van der Waals surface area (Å²) in [5, 5.41) is 9.08. The molecule has 0 spiro atoms. The number of benzene rings is 1. The van der Waals surface area contributed by atoms with Crippen molar-refractivity contribution in [3.8, 4) is 0 Å². The number of aliphatic hydroxyl groups excluding tert-OH is 1. The minimum Gasteiger partial charge on any atom is -0.396 e. The number of hydrogen-bond donors (Lipinski definition) is 1. The molecule has 5 heteroatoms. The van der Waals surface area contributed by atoms with Crippen molar-refractivity contribution >= 4 is 16.1 Å². The van der Waals surface area contributed by atoms with Gasteiger partial charge in [0, 0.05) is 13.0 Å². The zero-order chi connectivity index (χ0) is 12.7. The van der Waals surface area contributed by atoms with E-state index in [0.29, 0.717) is 6.42 Å². The largest absolute Gasteiger partial charge is 0.396 e. The van der Waals surface area contributed by atoms with Crippen molar-refractivity contribution in [1.29, 1.82) is 0 Å². The van der Waals surface area contributed by atoms with E-state index in [9.17, 15) is 13.2 Å². The van der Waals surface area contributed by atoms with E-state index in [-0.39, 0.29) is 29.6 Å². The van der Waals surface area contributed by atoms with Gasteiger partial charge in [0.05, 0.1) is 10.6 Å². The number of sulfone groups is 1. The number of rotatable bonds is 7. The molecule has 4 nitrogen and oxygen atoms in total. The third-order valence-electron chi connectivity index (χ3n) is 2.51. The molecule has 1 aromatic rings. The van der Waals surface area contributed by atoms with Gasteiger partial charge in [-0.05, 0) is 24.5 Å². The van der Waals surface area contributed by atoms with Crippen molar-refractivity contribution < 1.29 is 18.3 Å². The Morgan fingerprint density at radius 2 is 1.88 bits per heavy atom. The molecule has 0 saturated carbocycles. The van der Waals surface area contributed by atoms with E-state index in [2.05, 4.69) is 0 Å². The molecule has 0 bridgehead atoms. The van der Waals surface area contributed by atoms with Gasteiger partial charge in [-0.25, -0.2) is 8.42 Å². The summed E-state index contributed by atoms with van der Waals surface area (Å²) in [4.78, 5) is 10.5. The van der Waals surface area contributed by atoms with Gasteiger partial charge < -0.3 is 9.90 Å². The predicted octanol–water partition coefficient (Wildman–Crippen LogP) is 1.05. The quantitative estimate of drug-likeness (QED) is 0.740. The minimum absolute atomic E-state index is 0.124. The first kappa shape index (κ1) is 13.9. The lowest BCUT2D eigenvalue weighted by molar-refractivity contribution is -0.108. The van der Waals surface area contributed by atoms with Gasteiger partial charge in [-0.2, -0.15) is 0 Å². The van der Waals surface area contributed by atoms with Gasteiger partial charge >= 0.3 is 0 Å². The second kappa shape index (κ2) is 6.51. The van der Waals surface area contributed by atoms with Crippen molar-refractivity contribution in [2.24, 2.45) is 5.92 Å². The Morgan fingerprint density at radius 3 is 2.41 bits per heavy atom. The van der Waals surface area contributed by atoms with E-state index >= 15 is 0 Å². The summed E-state index contributed by atoms with van der Waals surface area (Å²) in [6.07, 6.45) is 1.40. The Morgan fingerprint density at radius 1 is 1.24 bits per heavy atom. The fourth-order valence-electron chi connectivity index (χ4n) is 1.57. The second-order valence-corrected chi connectivity index (χ2v) is 5.92. The highest BCUT2D eigenvalue weighted by molar-refractivity contribution is 7.91. The van der Waals surface area contributed by atoms with Crippen LogP contribution in [0.25, 0.3) is 0 Å². The van der Waals surface area contributed by atoms with E-state index in [0.717, 1.165) is 6.29 Å². The Labute approximate surface area is 101 Å². The number of carbonyl (C=O) groups excluding carboxylic acids is 1. The van der Waals surface area contributed by atoms with Crippen LogP contribution in [0, 0.1) is 5.92 Å². The van der Waals surface area contributed by atoms with Gasteiger partial charge in [0.25, 0.3) is 0 Å². The van der Waals surface area contributed by atoms with Crippen LogP contribution in [0.4, 0.5) is 0 Å². The first-order chi connectivity index (χ1) is 8.10. The molecule has 0 amide bonds. The van der Waals surface area contributed by atoms with Crippen LogP contribution in [-0.4, -0.2) is 32.2 Å². The average molecular weight is 256 g/mol. The maximum atomic E-state index is 12.0. The molecule has 0 aromatic heterocycles. The van der Waals surface area contributed by atoms with Crippen molar-refractivity contribution in [2.75, 3.05) is 12.4 Å². The Balaban J connectivity index is 2.75. The summed E-state index contributed by atoms with van der Waals surface area (Å²) in [5.41, 5.74) is 0. The standard InChI is InChI=1S/C12H16O4S/c13-8-4-5-11(9-14)10-17(15,16)12-6-2-1-3-7-12/h1-3,6-8,11,14H,4-5,9-10H2. The monoisotopic (exact) mass is 256 g/mol. The summed E-state index contributed by atoms with van der Waals surface area (Å²) in [6.45, 7) is -0.222. The fraction of sp³-hybridized carbons (Fsp3) is 0.417. The third kappa shape index (κ3) is 4.28.